The summed E-state index contributed by atoms with van der Waals surface area (Å²) in [6.45, 7) is 5.33. The van der Waals surface area contributed by atoms with E-state index in [2.05, 4.69) is 62.7 Å². The fraction of sp³-hybridized carbons (Fsp3) is 0.267. The van der Waals surface area contributed by atoms with Gasteiger partial charge in [-0.1, -0.05) is 18.2 Å². The zero-order valence-corrected chi connectivity index (χ0v) is 15.3. The number of nitrogens with zero attached hydrogens (tertiary/aromatic N) is 1. The van der Waals surface area contributed by atoms with E-state index >= 15 is 0 Å². The first-order valence-electron chi connectivity index (χ1n) is 6.31. The summed E-state index contributed by atoms with van der Waals surface area (Å²) in [7, 11) is 0. The minimum atomic E-state index is 0.129. The summed E-state index contributed by atoms with van der Waals surface area (Å²) in [6.07, 6.45) is 0. The minimum Gasteiger partial charge on any atom is -0.364 e. The summed E-state index contributed by atoms with van der Waals surface area (Å²) in [4.78, 5) is 14.6. The van der Waals surface area contributed by atoms with E-state index in [1.54, 1.807) is 0 Å². The summed E-state index contributed by atoms with van der Waals surface area (Å²) in [5.41, 5.74) is 3.05. The Bertz CT molecular complexity index is 624. The lowest BCUT2D eigenvalue weighted by molar-refractivity contribution is 0.0999. The van der Waals surface area contributed by atoms with E-state index in [0.29, 0.717) is 6.54 Å². The van der Waals surface area contributed by atoms with Crippen molar-refractivity contribution in [3.05, 3.63) is 49.0 Å². The molecule has 20 heavy (non-hydrogen) atoms. The summed E-state index contributed by atoms with van der Waals surface area (Å²) >= 11 is 8.39. The summed E-state index contributed by atoms with van der Waals surface area (Å²) in [5, 5.41) is 0. The highest BCUT2D eigenvalue weighted by Gasteiger charge is 2.17. The number of likely N-dealkylation sites (N-methyl/N-ethyl adjacent to an activating group) is 1. The van der Waals surface area contributed by atoms with Crippen LogP contribution in [0.3, 0.4) is 0 Å². The number of hydrogen-bond donors (Lipinski definition) is 0. The Kier molecular flexibility index (Phi) is 5.41. The van der Waals surface area contributed by atoms with E-state index in [0.717, 1.165) is 25.4 Å². The second-order valence-electron chi connectivity index (χ2n) is 4.46. The van der Waals surface area contributed by atoms with E-state index in [9.17, 15) is 4.79 Å². The lowest BCUT2D eigenvalue weighted by atomic mass is 10.1. The SMILES string of the molecule is CCN(CC(=O)c1cc(Br)sc1Br)c1ccccc1C. The van der Waals surface area contributed by atoms with Crippen molar-refractivity contribution in [3.63, 3.8) is 0 Å². The molecule has 0 bridgehead atoms. The predicted octanol–water partition coefficient (Wildman–Crippen LogP) is 5.29. The molecule has 0 atom stereocenters. The van der Waals surface area contributed by atoms with E-state index in [1.165, 1.54) is 16.9 Å². The maximum Gasteiger partial charge on any atom is 0.184 e. The molecular formula is C15H15Br2NOS. The normalized spacial score (nSPS) is 10.6. The maximum absolute atomic E-state index is 12.4. The minimum absolute atomic E-state index is 0.129. The number of hydrogen-bond acceptors (Lipinski definition) is 3. The molecule has 2 rings (SSSR count). The van der Waals surface area contributed by atoms with Gasteiger partial charge in [0.1, 0.15) is 0 Å². The highest BCUT2D eigenvalue weighted by atomic mass is 79.9. The van der Waals surface area contributed by atoms with Gasteiger partial charge in [0, 0.05) is 17.8 Å². The molecule has 2 nitrogen and oxygen atoms in total. The first kappa shape index (κ1) is 15.7. The Labute approximate surface area is 140 Å². The van der Waals surface area contributed by atoms with Crippen LogP contribution in [0.4, 0.5) is 5.69 Å². The third kappa shape index (κ3) is 3.51. The Morgan fingerprint density at radius 2 is 2.00 bits per heavy atom. The van der Waals surface area contributed by atoms with Crippen molar-refractivity contribution in [2.24, 2.45) is 0 Å². The van der Waals surface area contributed by atoms with Crippen LogP contribution in [-0.4, -0.2) is 18.9 Å². The Morgan fingerprint density at radius 3 is 2.55 bits per heavy atom. The molecule has 0 radical (unpaired) electrons. The standard InChI is InChI=1S/C15H15Br2NOS/c1-3-18(12-7-5-4-6-10(12)2)9-13(19)11-8-14(16)20-15(11)17/h4-8H,3,9H2,1-2H3. The zero-order valence-electron chi connectivity index (χ0n) is 11.3. The van der Waals surface area contributed by atoms with Gasteiger partial charge in [-0.15, -0.1) is 11.3 Å². The monoisotopic (exact) mass is 415 g/mol. The fourth-order valence-electron chi connectivity index (χ4n) is 2.07. The molecule has 5 heteroatoms. The molecule has 0 N–H and O–H groups in total. The van der Waals surface area contributed by atoms with Crippen molar-refractivity contribution in [1.29, 1.82) is 0 Å². The first-order chi connectivity index (χ1) is 9.52. The predicted molar refractivity (Wildman–Crippen MR) is 93.1 cm³/mol. The van der Waals surface area contributed by atoms with Gasteiger partial charge in [-0.05, 0) is 63.4 Å². The first-order valence-corrected chi connectivity index (χ1v) is 8.71. The molecule has 0 saturated carbocycles. The molecule has 1 aromatic heterocycles. The van der Waals surface area contributed by atoms with E-state index in [1.807, 2.05) is 18.2 Å². The number of rotatable bonds is 5. The average molecular weight is 417 g/mol. The number of halogens is 2. The molecule has 0 saturated heterocycles. The molecule has 0 aliphatic carbocycles. The second kappa shape index (κ2) is 6.87. The number of aryl methyl sites for hydroxylation is 1. The van der Waals surface area contributed by atoms with Gasteiger partial charge in [0.25, 0.3) is 0 Å². The van der Waals surface area contributed by atoms with Crippen LogP contribution < -0.4 is 4.90 Å². The molecule has 0 fully saturated rings. The molecule has 1 aromatic carbocycles. The highest BCUT2D eigenvalue weighted by molar-refractivity contribution is 9.12. The number of thiophene rings is 1. The van der Waals surface area contributed by atoms with Gasteiger partial charge in [0.05, 0.1) is 14.1 Å². The third-order valence-corrected chi connectivity index (χ3v) is 5.47. The van der Waals surface area contributed by atoms with Crippen LogP contribution in [-0.2, 0) is 0 Å². The second-order valence-corrected chi connectivity index (χ2v) is 8.21. The zero-order chi connectivity index (χ0) is 14.7. The van der Waals surface area contributed by atoms with Gasteiger partial charge in [-0.2, -0.15) is 0 Å². The summed E-state index contributed by atoms with van der Waals surface area (Å²) < 4.78 is 1.85. The number of benzene rings is 1. The molecular weight excluding hydrogens is 402 g/mol. The summed E-state index contributed by atoms with van der Waals surface area (Å²) in [5.74, 6) is 0.129. The lowest BCUT2D eigenvalue weighted by Gasteiger charge is -2.24. The third-order valence-electron chi connectivity index (χ3n) is 3.13. The molecule has 1 heterocycles. The van der Waals surface area contributed by atoms with Gasteiger partial charge in [0.15, 0.2) is 5.78 Å². The molecule has 0 aliphatic rings. The van der Waals surface area contributed by atoms with Gasteiger partial charge in [-0.25, -0.2) is 0 Å². The Hall–Kier alpha value is -0.650. The van der Waals surface area contributed by atoms with Crippen LogP contribution in [0.15, 0.2) is 37.9 Å². The van der Waals surface area contributed by atoms with Crippen LogP contribution in [0, 0.1) is 6.92 Å². The van der Waals surface area contributed by atoms with Crippen molar-refractivity contribution < 1.29 is 4.79 Å². The van der Waals surface area contributed by atoms with Crippen molar-refractivity contribution in [2.75, 3.05) is 18.0 Å². The molecule has 2 aromatic rings. The molecule has 0 spiro atoms. The van der Waals surface area contributed by atoms with Gasteiger partial charge in [0.2, 0.25) is 0 Å². The van der Waals surface area contributed by atoms with Crippen LogP contribution in [0.2, 0.25) is 0 Å². The Morgan fingerprint density at radius 1 is 1.30 bits per heavy atom. The number of anilines is 1. The quantitative estimate of drug-likeness (QED) is 0.617. The average Bonchev–Trinajstić information content (AvgIpc) is 2.76. The molecule has 0 aliphatic heterocycles. The van der Waals surface area contributed by atoms with Crippen molar-refractivity contribution in [3.8, 4) is 0 Å². The molecule has 0 amide bonds. The number of Topliss-reactive ketones (excluding diaryl/α,β-unsaturated/α-hetero) is 1. The number of para-hydroxylation sites is 1. The van der Waals surface area contributed by atoms with Crippen LogP contribution in [0.1, 0.15) is 22.8 Å². The van der Waals surface area contributed by atoms with Crippen LogP contribution in [0.25, 0.3) is 0 Å². The van der Waals surface area contributed by atoms with Crippen LogP contribution in [0.5, 0.6) is 0 Å². The van der Waals surface area contributed by atoms with Crippen LogP contribution >= 0.6 is 43.2 Å². The van der Waals surface area contributed by atoms with E-state index in [-0.39, 0.29) is 5.78 Å². The maximum atomic E-state index is 12.4. The lowest BCUT2D eigenvalue weighted by Crippen LogP contribution is -2.30. The number of ketones is 1. The fourth-order valence-corrected chi connectivity index (χ4v) is 4.93. The smallest absolute Gasteiger partial charge is 0.184 e. The number of carbonyl (C=O) groups is 1. The van der Waals surface area contributed by atoms with E-state index in [4.69, 9.17) is 0 Å². The molecule has 106 valence electrons. The van der Waals surface area contributed by atoms with Gasteiger partial charge < -0.3 is 4.90 Å². The van der Waals surface area contributed by atoms with Crippen molar-refractivity contribution in [2.45, 2.75) is 13.8 Å². The van der Waals surface area contributed by atoms with Crippen molar-refractivity contribution in [1.82, 2.24) is 0 Å². The Balaban J connectivity index is 2.21. The number of carbonyl (C=O) groups excluding carboxylic acids is 1. The van der Waals surface area contributed by atoms with Gasteiger partial charge >= 0.3 is 0 Å². The van der Waals surface area contributed by atoms with Gasteiger partial charge in [-0.3, -0.25) is 4.79 Å². The van der Waals surface area contributed by atoms with Crippen molar-refractivity contribution >= 4 is 54.7 Å². The largest absolute Gasteiger partial charge is 0.364 e. The highest BCUT2D eigenvalue weighted by Crippen LogP contribution is 2.32. The van der Waals surface area contributed by atoms with E-state index < -0.39 is 0 Å². The topological polar surface area (TPSA) is 20.3 Å². The summed E-state index contributed by atoms with van der Waals surface area (Å²) in [6, 6.07) is 10.0. The molecule has 0 unspecified atom stereocenters.